The number of phosphoric acid groups is 1. The maximum Gasteiger partial charge on any atom is 0.469 e. The van der Waals surface area contributed by atoms with Crippen molar-refractivity contribution in [3.05, 3.63) is 52.8 Å². The average Bonchev–Trinajstić information content (AvgIpc) is 2.85. The van der Waals surface area contributed by atoms with Crippen molar-refractivity contribution in [3.8, 4) is 0 Å². The summed E-state index contributed by atoms with van der Waals surface area (Å²) in [5.41, 5.74) is 7.66. The Bertz CT molecular complexity index is 1140. The van der Waals surface area contributed by atoms with Gasteiger partial charge in [-0.05, 0) is 31.2 Å². The van der Waals surface area contributed by atoms with Gasteiger partial charge in [-0.15, -0.1) is 0 Å². The topological polar surface area (TPSA) is 216 Å². The van der Waals surface area contributed by atoms with Gasteiger partial charge in [-0.3, -0.25) is 19.1 Å². The van der Waals surface area contributed by atoms with Crippen molar-refractivity contribution >= 4 is 30.8 Å². The number of phosphoric ester groups is 1. The standard InChI is InChI=1S/C22H30N5O8P/c23-5-8-26-15-1-2-16(20-19(15)21(30)13-3-6-25-11-14(13)22(20)31)27-10-9-24-7-4-17(28)18(29)12-35-36(32,33)34/h1-3,6,11,17-18,24,26-29H,4-5,7-10,12,23H2,(H2,32,33,34)/t17-,18-/m0/s1. The molecule has 0 unspecified atom stereocenters. The molecule has 1 aliphatic rings. The number of hydrogen-bond donors (Lipinski definition) is 8. The number of ketones is 2. The van der Waals surface area contributed by atoms with Crippen LogP contribution in [0, 0.1) is 0 Å². The predicted octanol–water partition coefficient (Wildman–Crippen LogP) is -0.550. The number of aliphatic hydroxyl groups excluding tert-OH is 2. The van der Waals surface area contributed by atoms with Crippen LogP contribution in [0.2, 0.25) is 0 Å². The molecule has 1 aromatic carbocycles. The highest BCUT2D eigenvalue weighted by Crippen LogP contribution is 2.37. The van der Waals surface area contributed by atoms with E-state index in [0.29, 0.717) is 49.7 Å². The summed E-state index contributed by atoms with van der Waals surface area (Å²) in [5, 5.41) is 28.9. The summed E-state index contributed by atoms with van der Waals surface area (Å²) in [7, 11) is -4.73. The number of carbonyl (C=O) groups excluding carboxylic acids is 2. The van der Waals surface area contributed by atoms with E-state index >= 15 is 0 Å². The molecule has 36 heavy (non-hydrogen) atoms. The van der Waals surface area contributed by atoms with E-state index in [2.05, 4.69) is 25.5 Å². The molecule has 1 aromatic heterocycles. The summed E-state index contributed by atoms with van der Waals surface area (Å²) in [5.74, 6) is -0.590. The van der Waals surface area contributed by atoms with Crippen LogP contribution >= 0.6 is 7.82 Å². The molecule has 1 heterocycles. The Labute approximate surface area is 207 Å². The summed E-state index contributed by atoms with van der Waals surface area (Å²) in [6.07, 6.45) is 0.274. The van der Waals surface area contributed by atoms with E-state index in [9.17, 15) is 24.4 Å². The highest BCUT2D eigenvalue weighted by molar-refractivity contribution is 7.46. The van der Waals surface area contributed by atoms with Gasteiger partial charge in [0.05, 0.1) is 29.4 Å². The predicted molar refractivity (Wildman–Crippen MR) is 131 cm³/mol. The molecule has 0 saturated heterocycles. The number of rotatable bonds is 14. The third-order valence-electron chi connectivity index (χ3n) is 5.52. The fourth-order valence-electron chi connectivity index (χ4n) is 3.76. The van der Waals surface area contributed by atoms with Gasteiger partial charge in [0, 0.05) is 55.5 Å². The second-order valence-corrected chi connectivity index (χ2v) is 9.33. The summed E-state index contributed by atoms with van der Waals surface area (Å²) >= 11 is 0. The second kappa shape index (κ2) is 12.5. The molecule has 14 heteroatoms. The third kappa shape index (κ3) is 6.93. The molecular weight excluding hydrogens is 493 g/mol. The Kier molecular flexibility index (Phi) is 9.65. The Hall–Kier alpha value is -2.74. The summed E-state index contributed by atoms with van der Waals surface area (Å²) in [4.78, 5) is 47.8. The van der Waals surface area contributed by atoms with Crippen LogP contribution in [0.15, 0.2) is 30.6 Å². The molecule has 0 aliphatic heterocycles. The van der Waals surface area contributed by atoms with E-state index in [-0.39, 0.29) is 34.7 Å². The van der Waals surface area contributed by atoms with E-state index in [1.807, 2.05) is 0 Å². The van der Waals surface area contributed by atoms with Crippen molar-refractivity contribution in [3.63, 3.8) is 0 Å². The number of nitrogens with zero attached hydrogens (tertiary/aromatic N) is 1. The summed E-state index contributed by atoms with van der Waals surface area (Å²) < 4.78 is 14.9. The van der Waals surface area contributed by atoms with E-state index in [1.165, 1.54) is 18.5 Å². The number of fused-ring (bicyclic) bond motifs is 2. The van der Waals surface area contributed by atoms with Gasteiger partial charge in [-0.1, -0.05) is 0 Å². The average molecular weight is 523 g/mol. The first-order valence-electron chi connectivity index (χ1n) is 11.3. The highest BCUT2D eigenvalue weighted by Gasteiger charge is 2.34. The molecule has 3 rings (SSSR count). The Morgan fingerprint density at radius 3 is 2.19 bits per heavy atom. The van der Waals surface area contributed by atoms with Crippen LogP contribution in [0.25, 0.3) is 0 Å². The van der Waals surface area contributed by atoms with Crippen LogP contribution in [-0.4, -0.2) is 88.1 Å². The van der Waals surface area contributed by atoms with Gasteiger partial charge in [0.15, 0.2) is 11.6 Å². The fourth-order valence-corrected chi connectivity index (χ4v) is 4.10. The fraction of sp³-hybridized carbons (Fsp3) is 0.409. The monoisotopic (exact) mass is 523 g/mol. The molecule has 0 fully saturated rings. The van der Waals surface area contributed by atoms with Crippen molar-refractivity contribution in [1.82, 2.24) is 10.3 Å². The molecule has 9 N–H and O–H groups in total. The molecule has 1 aliphatic carbocycles. The molecular formula is C22H30N5O8P. The number of anilines is 2. The first-order chi connectivity index (χ1) is 17.1. The van der Waals surface area contributed by atoms with E-state index in [1.54, 1.807) is 12.1 Å². The van der Waals surface area contributed by atoms with Crippen LogP contribution in [0.1, 0.15) is 38.3 Å². The zero-order valence-corrected chi connectivity index (χ0v) is 20.3. The normalized spacial score (nSPS) is 14.7. The minimum atomic E-state index is -4.73. The number of aromatic nitrogens is 1. The van der Waals surface area contributed by atoms with Gasteiger partial charge in [-0.2, -0.15) is 0 Å². The summed E-state index contributed by atoms with van der Waals surface area (Å²) in [6.45, 7) is 1.19. The molecule has 0 amide bonds. The van der Waals surface area contributed by atoms with Gasteiger partial charge >= 0.3 is 7.82 Å². The largest absolute Gasteiger partial charge is 0.469 e. The van der Waals surface area contributed by atoms with Crippen LogP contribution in [-0.2, 0) is 9.09 Å². The quantitative estimate of drug-likeness (QED) is 0.0984. The third-order valence-corrected chi connectivity index (χ3v) is 6.01. The van der Waals surface area contributed by atoms with Gasteiger partial charge in [-0.25, -0.2) is 4.57 Å². The first-order valence-corrected chi connectivity index (χ1v) is 12.8. The molecule has 2 atom stereocenters. The van der Waals surface area contributed by atoms with Gasteiger partial charge in [0.2, 0.25) is 0 Å². The number of nitrogens with one attached hydrogen (secondary N) is 3. The lowest BCUT2D eigenvalue weighted by Crippen LogP contribution is -2.34. The Morgan fingerprint density at radius 2 is 1.56 bits per heavy atom. The summed E-state index contributed by atoms with van der Waals surface area (Å²) in [6, 6.07) is 4.96. The number of aliphatic hydroxyl groups is 2. The molecule has 0 radical (unpaired) electrons. The van der Waals surface area contributed by atoms with Crippen molar-refractivity contribution in [2.75, 3.05) is 50.0 Å². The van der Waals surface area contributed by atoms with Crippen molar-refractivity contribution in [1.29, 1.82) is 0 Å². The lowest BCUT2D eigenvalue weighted by atomic mass is 9.83. The molecule has 13 nitrogen and oxygen atoms in total. The van der Waals surface area contributed by atoms with E-state index in [4.69, 9.17) is 15.5 Å². The maximum absolute atomic E-state index is 13.3. The van der Waals surface area contributed by atoms with Crippen LogP contribution < -0.4 is 21.7 Å². The van der Waals surface area contributed by atoms with Crippen molar-refractivity contribution in [2.45, 2.75) is 18.6 Å². The lowest BCUT2D eigenvalue weighted by Gasteiger charge is -2.23. The second-order valence-electron chi connectivity index (χ2n) is 8.09. The minimum absolute atomic E-state index is 0.110. The molecule has 0 spiro atoms. The van der Waals surface area contributed by atoms with Crippen LogP contribution in [0.3, 0.4) is 0 Å². The van der Waals surface area contributed by atoms with Crippen LogP contribution in [0.4, 0.5) is 11.4 Å². The van der Waals surface area contributed by atoms with E-state index in [0.717, 1.165) is 0 Å². The van der Waals surface area contributed by atoms with Gasteiger partial charge in [0.25, 0.3) is 0 Å². The van der Waals surface area contributed by atoms with E-state index < -0.39 is 26.6 Å². The van der Waals surface area contributed by atoms with Gasteiger partial charge < -0.3 is 41.7 Å². The smallest absolute Gasteiger partial charge is 0.390 e. The number of benzene rings is 1. The Morgan fingerprint density at radius 1 is 0.917 bits per heavy atom. The molecule has 196 valence electrons. The number of pyridine rings is 1. The van der Waals surface area contributed by atoms with Crippen molar-refractivity contribution in [2.24, 2.45) is 5.73 Å². The minimum Gasteiger partial charge on any atom is -0.390 e. The number of hydrogen-bond acceptors (Lipinski definition) is 11. The number of nitrogens with two attached hydrogens (primary N) is 1. The van der Waals surface area contributed by atoms with Crippen molar-refractivity contribution < 1.29 is 38.7 Å². The van der Waals surface area contributed by atoms with Gasteiger partial charge in [0.1, 0.15) is 6.10 Å². The molecule has 0 saturated carbocycles. The highest BCUT2D eigenvalue weighted by atomic mass is 31.2. The SMILES string of the molecule is NCCNc1ccc(NCCNCC[C@H](O)[C@@H](O)COP(=O)(O)O)c2c1C(=O)c1ccncc1C2=O. The Balaban J connectivity index is 1.60. The molecule has 2 aromatic rings. The van der Waals surface area contributed by atoms with Crippen LogP contribution in [0.5, 0.6) is 0 Å². The zero-order chi connectivity index (χ0) is 26.3. The maximum atomic E-state index is 13.3. The number of carbonyl (C=O) groups is 2. The lowest BCUT2D eigenvalue weighted by molar-refractivity contribution is -0.0168. The first kappa shape index (κ1) is 27.8. The zero-order valence-electron chi connectivity index (χ0n) is 19.4. The molecule has 0 bridgehead atoms.